The lowest BCUT2D eigenvalue weighted by molar-refractivity contribution is -0.115. The number of hydrogen-bond donors (Lipinski definition) is 1. The molecule has 1 amide bonds. The Morgan fingerprint density at radius 1 is 1.40 bits per heavy atom. The fourth-order valence-electron chi connectivity index (χ4n) is 1.33. The molecule has 3 nitrogen and oxygen atoms in total. The number of nitrogens with one attached hydrogen (secondary N) is 1. The minimum atomic E-state index is -0.188. The lowest BCUT2D eigenvalue weighted by atomic mass is 10.2. The minimum absolute atomic E-state index is 0.188. The number of halogens is 1. The van der Waals surface area contributed by atoms with Crippen molar-refractivity contribution in [2.24, 2.45) is 4.99 Å². The van der Waals surface area contributed by atoms with E-state index >= 15 is 0 Å². The summed E-state index contributed by atoms with van der Waals surface area (Å²) in [5.74, 6) is 0.422. The molecule has 0 fully saturated rings. The first-order valence-electron chi connectivity index (χ1n) is 4.50. The normalized spacial score (nSPS) is 17.9. The van der Waals surface area contributed by atoms with Crippen molar-refractivity contribution in [3.05, 3.63) is 40.5 Å². The molecular formula is C11H9ClN2O. The Balaban J connectivity index is 2.39. The van der Waals surface area contributed by atoms with Crippen LogP contribution in [-0.2, 0) is 4.79 Å². The van der Waals surface area contributed by atoms with Gasteiger partial charge >= 0.3 is 0 Å². The maximum absolute atomic E-state index is 11.4. The molecule has 1 aromatic carbocycles. The molecule has 0 atom stereocenters. The zero-order chi connectivity index (χ0) is 10.8. The van der Waals surface area contributed by atoms with Crippen LogP contribution >= 0.6 is 11.6 Å². The van der Waals surface area contributed by atoms with Crippen molar-refractivity contribution >= 4 is 29.4 Å². The molecule has 1 aromatic rings. The standard InChI is InChI=1S/C11H9ClN2O/c1-7-13-10(11(15)14-7)6-8-4-2-3-5-9(8)12/h2-6H,1H3,(H,13,14,15)/b10-6-. The van der Waals surface area contributed by atoms with E-state index in [0.717, 1.165) is 5.56 Å². The molecule has 1 heterocycles. The van der Waals surface area contributed by atoms with Gasteiger partial charge in [-0.3, -0.25) is 4.79 Å². The van der Waals surface area contributed by atoms with Gasteiger partial charge in [0.2, 0.25) is 0 Å². The maximum atomic E-state index is 11.4. The van der Waals surface area contributed by atoms with Crippen molar-refractivity contribution < 1.29 is 4.79 Å². The highest BCUT2D eigenvalue weighted by molar-refractivity contribution is 6.32. The second kappa shape index (κ2) is 3.87. The molecule has 1 N–H and O–H groups in total. The third-order valence-corrected chi connectivity index (χ3v) is 2.36. The molecule has 0 aromatic heterocycles. The van der Waals surface area contributed by atoms with E-state index in [-0.39, 0.29) is 5.91 Å². The average Bonchev–Trinajstić information content (AvgIpc) is 2.49. The first-order chi connectivity index (χ1) is 7.16. The first kappa shape index (κ1) is 9.93. The van der Waals surface area contributed by atoms with Gasteiger partial charge in [0.05, 0.1) is 0 Å². The summed E-state index contributed by atoms with van der Waals surface area (Å²) < 4.78 is 0. The summed E-state index contributed by atoms with van der Waals surface area (Å²) in [6.45, 7) is 1.74. The lowest BCUT2D eigenvalue weighted by Crippen LogP contribution is -2.21. The van der Waals surface area contributed by atoms with Crippen LogP contribution in [0, 0.1) is 0 Å². The first-order valence-corrected chi connectivity index (χ1v) is 4.87. The summed E-state index contributed by atoms with van der Waals surface area (Å²) in [6.07, 6.45) is 1.67. The van der Waals surface area contributed by atoms with Crippen molar-refractivity contribution in [3.63, 3.8) is 0 Å². The summed E-state index contributed by atoms with van der Waals surface area (Å²) >= 11 is 5.96. The lowest BCUT2D eigenvalue weighted by Gasteiger charge is -1.97. The van der Waals surface area contributed by atoms with Gasteiger partial charge < -0.3 is 5.32 Å². The molecule has 0 aliphatic carbocycles. The summed E-state index contributed by atoms with van der Waals surface area (Å²) in [6, 6.07) is 7.32. The molecule has 1 aliphatic rings. The molecular weight excluding hydrogens is 212 g/mol. The van der Waals surface area contributed by atoms with Crippen molar-refractivity contribution in [1.82, 2.24) is 5.32 Å². The second-order valence-electron chi connectivity index (χ2n) is 3.20. The maximum Gasteiger partial charge on any atom is 0.275 e. The second-order valence-corrected chi connectivity index (χ2v) is 3.61. The Morgan fingerprint density at radius 3 is 2.73 bits per heavy atom. The summed E-state index contributed by atoms with van der Waals surface area (Å²) in [5, 5.41) is 3.22. The Labute approximate surface area is 92.5 Å². The van der Waals surface area contributed by atoms with Crippen LogP contribution in [0.4, 0.5) is 0 Å². The fraction of sp³-hybridized carbons (Fsp3) is 0.0909. The van der Waals surface area contributed by atoms with Gasteiger partial charge in [0.1, 0.15) is 11.5 Å². The molecule has 4 heteroatoms. The van der Waals surface area contributed by atoms with Crippen LogP contribution in [0.2, 0.25) is 5.02 Å². The van der Waals surface area contributed by atoms with Crippen molar-refractivity contribution in [2.75, 3.05) is 0 Å². The molecule has 76 valence electrons. The van der Waals surface area contributed by atoms with Crippen LogP contribution in [0.1, 0.15) is 12.5 Å². The SMILES string of the molecule is CC1=N/C(=C\c2ccccc2Cl)C(=O)N1. The number of aliphatic imine (C=N–C) groups is 1. The number of carbonyl (C=O) groups excluding carboxylic acids is 1. The monoisotopic (exact) mass is 220 g/mol. The highest BCUT2D eigenvalue weighted by atomic mass is 35.5. The van der Waals surface area contributed by atoms with E-state index in [0.29, 0.717) is 16.6 Å². The fourth-order valence-corrected chi connectivity index (χ4v) is 1.52. The summed E-state index contributed by atoms with van der Waals surface area (Å²) in [4.78, 5) is 15.4. The van der Waals surface area contributed by atoms with E-state index in [1.165, 1.54) is 0 Å². The molecule has 0 saturated heterocycles. The third-order valence-electron chi connectivity index (χ3n) is 2.01. The predicted molar refractivity (Wildman–Crippen MR) is 60.7 cm³/mol. The van der Waals surface area contributed by atoms with Gasteiger partial charge in [-0.15, -0.1) is 0 Å². The predicted octanol–water partition coefficient (Wildman–Crippen LogP) is 2.23. The van der Waals surface area contributed by atoms with Gasteiger partial charge in [-0.05, 0) is 24.6 Å². The number of rotatable bonds is 1. The van der Waals surface area contributed by atoms with Crippen LogP contribution in [-0.4, -0.2) is 11.7 Å². The molecule has 2 rings (SSSR count). The van der Waals surface area contributed by atoms with E-state index in [4.69, 9.17) is 11.6 Å². The highest BCUT2D eigenvalue weighted by Gasteiger charge is 2.16. The number of amidine groups is 1. The van der Waals surface area contributed by atoms with E-state index in [1.807, 2.05) is 18.2 Å². The van der Waals surface area contributed by atoms with Gasteiger partial charge in [-0.1, -0.05) is 29.8 Å². The van der Waals surface area contributed by atoms with E-state index in [9.17, 15) is 4.79 Å². The quantitative estimate of drug-likeness (QED) is 0.725. The van der Waals surface area contributed by atoms with Gasteiger partial charge in [0, 0.05) is 5.02 Å². The third kappa shape index (κ3) is 2.07. The number of carbonyl (C=O) groups is 1. The van der Waals surface area contributed by atoms with Crippen LogP contribution in [0.15, 0.2) is 35.0 Å². The molecule has 0 spiro atoms. The molecule has 15 heavy (non-hydrogen) atoms. The minimum Gasteiger partial charge on any atom is -0.309 e. The largest absolute Gasteiger partial charge is 0.309 e. The Morgan fingerprint density at radius 2 is 2.13 bits per heavy atom. The summed E-state index contributed by atoms with van der Waals surface area (Å²) in [5.41, 5.74) is 1.18. The van der Waals surface area contributed by atoms with Crippen LogP contribution in [0.25, 0.3) is 6.08 Å². The van der Waals surface area contributed by atoms with Gasteiger partial charge in [0.25, 0.3) is 5.91 Å². The van der Waals surface area contributed by atoms with Crippen molar-refractivity contribution in [1.29, 1.82) is 0 Å². The van der Waals surface area contributed by atoms with Gasteiger partial charge in [-0.2, -0.15) is 0 Å². The Bertz CT molecular complexity index is 477. The zero-order valence-electron chi connectivity index (χ0n) is 8.12. The van der Waals surface area contributed by atoms with Gasteiger partial charge in [-0.25, -0.2) is 4.99 Å². The Hall–Kier alpha value is -1.61. The smallest absolute Gasteiger partial charge is 0.275 e. The van der Waals surface area contributed by atoms with E-state index in [2.05, 4.69) is 10.3 Å². The number of nitrogens with zero attached hydrogens (tertiary/aromatic N) is 1. The topological polar surface area (TPSA) is 41.5 Å². The van der Waals surface area contributed by atoms with Crippen molar-refractivity contribution in [3.8, 4) is 0 Å². The molecule has 0 saturated carbocycles. The zero-order valence-corrected chi connectivity index (χ0v) is 8.88. The molecule has 1 aliphatic heterocycles. The summed E-state index contributed by atoms with van der Waals surface area (Å²) in [7, 11) is 0. The Kier molecular flexibility index (Phi) is 2.56. The molecule has 0 bridgehead atoms. The van der Waals surface area contributed by atoms with Crippen LogP contribution in [0.5, 0.6) is 0 Å². The van der Waals surface area contributed by atoms with Crippen LogP contribution in [0.3, 0.4) is 0 Å². The molecule has 0 unspecified atom stereocenters. The molecule has 0 radical (unpaired) electrons. The average molecular weight is 221 g/mol. The van der Waals surface area contributed by atoms with Crippen molar-refractivity contribution in [2.45, 2.75) is 6.92 Å². The van der Waals surface area contributed by atoms with E-state index < -0.39 is 0 Å². The van der Waals surface area contributed by atoms with Crippen LogP contribution < -0.4 is 5.32 Å². The van der Waals surface area contributed by atoms with E-state index in [1.54, 1.807) is 19.1 Å². The van der Waals surface area contributed by atoms with Gasteiger partial charge in [0.15, 0.2) is 0 Å². The number of amides is 1. The highest BCUT2D eigenvalue weighted by Crippen LogP contribution is 2.19. The number of benzene rings is 1. The number of hydrogen-bond acceptors (Lipinski definition) is 2.